The highest BCUT2D eigenvalue weighted by molar-refractivity contribution is 5.89. The fourth-order valence-corrected chi connectivity index (χ4v) is 2.49. The van der Waals surface area contributed by atoms with Gasteiger partial charge in [-0.05, 0) is 26.0 Å². The van der Waals surface area contributed by atoms with Gasteiger partial charge in [0.05, 0.1) is 12.5 Å². The number of rotatable bonds is 4. The summed E-state index contributed by atoms with van der Waals surface area (Å²) in [5.74, 6) is -0.254. The third kappa shape index (κ3) is 2.34. The number of esters is 1. The Balaban J connectivity index is 2.03. The average Bonchev–Trinajstić information content (AvgIpc) is 3.16. The number of carbonyl (C=O) groups is 1. The van der Waals surface area contributed by atoms with E-state index in [-0.39, 0.29) is 5.97 Å². The molecule has 0 amide bonds. The van der Waals surface area contributed by atoms with Gasteiger partial charge in [-0.1, -0.05) is 0 Å². The number of methoxy groups -OCH3 is 1. The molecule has 0 aromatic carbocycles. The number of carbonyl (C=O) groups excluding carboxylic acids is 1. The number of fused-ring (bicyclic) bond motifs is 1. The lowest BCUT2D eigenvalue weighted by atomic mass is 9.94. The minimum atomic E-state index is -0.641. The zero-order valence-corrected chi connectivity index (χ0v) is 12.7. The molecule has 0 aliphatic carbocycles. The van der Waals surface area contributed by atoms with E-state index in [1.807, 2.05) is 36.7 Å². The van der Waals surface area contributed by atoms with Gasteiger partial charge < -0.3 is 9.30 Å². The summed E-state index contributed by atoms with van der Waals surface area (Å²) in [6.45, 7) is 4.17. The smallest absolute Gasteiger partial charge is 0.313 e. The largest absolute Gasteiger partial charge is 0.469 e. The van der Waals surface area contributed by atoms with Crippen LogP contribution in [-0.4, -0.2) is 37.8 Å². The predicted octanol–water partition coefficient (Wildman–Crippen LogP) is 2.02. The molecule has 0 saturated carbocycles. The van der Waals surface area contributed by atoms with E-state index < -0.39 is 5.41 Å². The lowest BCUT2D eigenvalue weighted by molar-refractivity contribution is -0.151. The van der Waals surface area contributed by atoms with E-state index in [1.165, 1.54) is 13.4 Å². The van der Waals surface area contributed by atoms with Crippen molar-refractivity contribution in [2.75, 3.05) is 7.11 Å². The van der Waals surface area contributed by atoms with E-state index in [1.54, 1.807) is 6.20 Å². The number of nitrogens with one attached hydrogen (secondary N) is 1. The van der Waals surface area contributed by atoms with Crippen LogP contribution in [0, 0.1) is 5.41 Å². The maximum atomic E-state index is 11.9. The van der Waals surface area contributed by atoms with Gasteiger partial charge in [-0.2, -0.15) is 5.10 Å². The van der Waals surface area contributed by atoms with Gasteiger partial charge in [0.2, 0.25) is 0 Å². The predicted molar refractivity (Wildman–Crippen MR) is 80.9 cm³/mol. The van der Waals surface area contributed by atoms with Crippen LogP contribution in [0.1, 0.15) is 13.8 Å². The second kappa shape index (κ2) is 5.25. The maximum Gasteiger partial charge on any atom is 0.313 e. The number of aromatic amines is 1. The van der Waals surface area contributed by atoms with Crippen LogP contribution < -0.4 is 0 Å². The van der Waals surface area contributed by atoms with Gasteiger partial charge in [0, 0.05) is 24.3 Å². The van der Waals surface area contributed by atoms with Crippen LogP contribution in [0.5, 0.6) is 0 Å². The van der Waals surface area contributed by atoms with Crippen LogP contribution in [0.4, 0.5) is 0 Å². The van der Waals surface area contributed by atoms with E-state index in [0.717, 1.165) is 22.4 Å². The summed E-state index contributed by atoms with van der Waals surface area (Å²) in [5, 5.41) is 7.84. The van der Waals surface area contributed by atoms with Crippen LogP contribution in [-0.2, 0) is 16.1 Å². The molecule has 0 spiro atoms. The minimum Gasteiger partial charge on any atom is -0.469 e. The van der Waals surface area contributed by atoms with Gasteiger partial charge in [0.25, 0.3) is 0 Å². The molecule has 0 fully saturated rings. The minimum absolute atomic E-state index is 0.254. The molecule has 0 bridgehead atoms. The molecule has 114 valence electrons. The zero-order valence-electron chi connectivity index (χ0n) is 12.7. The van der Waals surface area contributed by atoms with E-state index in [0.29, 0.717) is 6.54 Å². The first-order chi connectivity index (χ1) is 10.5. The normalized spacial score (nSPS) is 11.8. The lowest BCUT2D eigenvalue weighted by Gasteiger charge is -2.22. The molecule has 0 radical (unpaired) electrons. The Labute approximate surface area is 127 Å². The van der Waals surface area contributed by atoms with Crippen molar-refractivity contribution in [1.82, 2.24) is 24.7 Å². The number of hydrogen-bond acceptors (Lipinski definition) is 5. The molecule has 0 saturated heterocycles. The fourth-order valence-electron chi connectivity index (χ4n) is 2.49. The molecule has 3 heterocycles. The van der Waals surface area contributed by atoms with Crippen LogP contribution in [0.2, 0.25) is 0 Å². The average molecular weight is 299 g/mol. The summed E-state index contributed by atoms with van der Waals surface area (Å²) < 4.78 is 6.79. The van der Waals surface area contributed by atoms with Gasteiger partial charge >= 0.3 is 5.97 Å². The Morgan fingerprint density at radius 2 is 2.18 bits per heavy atom. The van der Waals surface area contributed by atoms with Crippen LogP contribution in [0.25, 0.3) is 22.4 Å². The summed E-state index contributed by atoms with van der Waals surface area (Å²) in [6.07, 6.45) is 5.16. The summed E-state index contributed by atoms with van der Waals surface area (Å²) in [7, 11) is 1.40. The fraction of sp³-hybridized carbons (Fsp3) is 0.333. The number of ether oxygens (including phenoxy) is 1. The maximum absolute atomic E-state index is 11.9. The van der Waals surface area contributed by atoms with Crippen molar-refractivity contribution in [1.29, 1.82) is 0 Å². The first-order valence-corrected chi connectivity index (χ1v) is 6.91. The van der Waals surface area contributed by atoms with Gasteiger partial charge in [0.15, 0.2) is 0 Å². The lowest BCUT2D eigenvalue weighted by Crippen LogP contribution is -2.30. The standard InChI is InChI=1S/C15H17N5O2/c1-15(2,14(21)22-3)8-20-7-5-10-12(11-4-6-18-19-11)16-9-17-13(10)20/h4-7,9H,8H2,1-3H3,(H,18,19). The highest BCUT2D eigenvalue weighted by atomic mass is 16.5. The summed E-state index contributed by atoms with van der Waals surface area (Å²) in [6, 6.07) is 3.80. The molecule has 0 aliphatic heterocycles. The van der Waals surface area contributed by atoms with Crippen LogP contribution in [0.3, 0.4) is 0 Å². The molecule has 3 rings (SSSR count). The summed E-state index contributed by atoms with van der Waals surface area (Å²) in [5.41, 5.74) is 1.65. The Morgan fingerprint density at radius 3 is 2.86 bits per heavy atom. The van der Waals surface area contributed by atoms with Gasteiger partial charge in [-0.3, -0.25) is 9.89 Å². The molecular formula is C15H17N5O2. The highest BCUT2D eigenvalue weighted by Gasteiger charge is 2.30. The Bertz CT molecular complexity index is 805. The Hall–Kier alpha value is -2.70. The molecular weight excluding hydrogens is 282 g/mol. The SMILES string of the molecule is COC(=O)C(C)(C)Cn1ccc2c(-c3cc[nH]n3)ncnc21. The number of aromatic nitrogens is 5. The highest BCUT2D eigenvalue weighted by Crippen LogP contribution is 2.27. The summed E-state index contributed by atoms with van der Waals surface area (Å²) in [4.78, 5) is 20.5. The number of H-pyrrole nitrogens is 1. The van der Waals surface area contributed by atoms with E-state index in [2.05, 4.69) is 20.2 Å². The first-order valence-electron chi connectivity index (χ1n) is 6.91. The van der Waals surface area contributed by atoms with Crippen molar-refractivity contribution < 1.29 is 9.53 Å². The quantitative estimate of drug-likeness (QED) is 0.745. The molecule has 7 nitrogen and oxygen atoms in total. The monoisotopic (exact) mass is 299 g/mol. The zero-order chi connectivity index (χ0) is 15.7. The van der Waals surface area contributed by atoms with Crippen molar-refractivity contribution in [3.05, 3.63) is 30.9 Å². The number of hydrogen-bond donors (Lipinski definition) is 1. The van der Waals surface area contributed by atoms with Crippen molar-refractivity contribution >= 4 is 17.0 Å². The molecule has 22 heavy (non-hydrogen) atoms. The van der Waals surface area contributed by atoms with Gasteiger partial charge in [0.1, 0.15) is 23.4 Å². The van der Waals surface area contributed by atoms with Gasteiger partial charge in [-0.15, -0.1) is 0 Å². The third-order valence-corrected chi connectivity index (χ3v) is 3.60. The third-order valence-electron chi connectivity index (χ3n) is 3.60. The van der Waals surface area contributed by atoms with Crippen molar-refractivity contribution in [2.24, 2.45) is 5.41 Å². The topological polar surface area (TPSA) is 85.7 Å². The molecule has 3 aromatic rings. The van der Waals surface area contributed by atoms with Crippen LogP contribution in [0.15, 0.2) is 30.9 Å². The second-order valence-corrected chi connectivity index (χ2v) is 5.74. The Kier molecular flexibility index (Phi) is 3.40. The van der Waals surface area contributed by atoms with Crippen LogP contribution >= 0.6 is 0 Å². The van der Waals surface area contributed by atoms with E-state index >= 15 is 0 Å². The van der Waals surface area contributed by atoms with Crippen molar-refractivity contribution in [2.45, 2.75) is 20.4 Å². The molecule has 0 aliphatic rings. The van der Waals surface area contributed by atoms with Crippen molar-refractivity contribution in [3.63, 3.8) is 0 Å². The summed E-state index contributed by atoms with van der Waals surface area (Å²) >= 11 is 0. The molecule has 1 N–H and O–H groups in total. The van der Waals surface area contributed by atoms with Gasteiger partial charge in [-0.25, -0.2) is 9.97 Å². The molecule has 3 aromatic heterocycles. The van der Waals surface area contributed by atoms with Crippen molar-refractivity contribution in [3.8, 4) is 11.4 Å². The van der Waals surface area contributed by atoms with E-state index in [4.69, 9.17) is 4.74 Å². The Morgan fingerprint density at radius 1 is 1.36 bits per heavy atom. The number of nitrogens with zero attached hydrogens (tertiary/aromatic N) is 4. The molecule has 0 unspecified atom stereocenters. The second-order valence-electron chi connectivity index (χ2n) is 5.74. The molecule has 7 heteroatoms. The first kappa shape index (κ1) is 14.2. The molecule has 0 atom stereocenters. The van der Waals surface area contributed by atoms with E-state index in [9.17, 15) is 4.79 Å².